The lowest BCUT2D eigenvalue weighted by Crippen LogP contribution is -2.24. The van der Waals surface area contributed by atoms with Crippen LogP contribution in [0.3, 0.4) is 0 Å². The average molecular weight is 361 g/mol. The van der Waals surface area contributed by atoms with Crippen LogP contribution in [0, 0.1) is 0 Å². The Morgan fingerprint density at radius 3 is 2.11 bits per heavy atom. The summed E-state index contributed by atoms with van der Waals surface area (Å²) in [7, 11) is 0. The predicted octanol–water partition coefficient (Wildman–Crippen LogP) is 3.09. The van der Waals surface area contributed by atoms with Crippen molar-refractivity contribution < 1.29 is 19.4 Å². The number of nitrogens with zero attached hydrogens (tertiary/aromatic N) is 2. The number of carboxylic acids is 1. The van der Waals surface area contributed by atoms with Crippen molar-refractivity contribution in [3.63, 3.8) is 0 Å². The van der Waals surface area contributed by atoms with Gasteiger partial charge in [0.15, 0.2) is 5.71 Å². The summed E-state index contributed by atoms with van der Waals surface area (Å²) in [5.74, 6) is -0.570. The maximum Gasteiger partial charge on any atom is 0.356 e. The molecule has 134 valence electrons. The summed E-state index contributed by atoms with van der Waals surface area (Å²) in [4.78, 5) is 27.3. The van der Waals surface area contributed by atoms with Gasteiger partial charge < -0.3 is 9.84 Å². The molecule has 0 unspecified atom stereocenters. The van der Waals surface area contributed by atoms with Crippen LogP contribution in [0.4, 0.5) is 0 Å². The van der Waals surface area contributed by atoms with Crippen LogP contribution in [0.25, 0.3) is 0 Å². The molecule has 7 heteroatoms. The Morgan fingerprint density at radius 2 is 1.48 bits per heavy atom. The lowest BCUT2D eigenvalue weighted by molar-refractivity contribution is -0.129. The number of ether oxygens (including phenoxy) is 1. The molecule has 0 saturated carbocycles. The first kappa shape index (κ1) is 17.8. The van der Waals surface area contributed by atoms with Gasteiger partial charge in [0.2, 0.25) is 0 Å². The molecule has 0 fully saturated rings. The normalized spacial score (nSPS) is 10.9. The van der Waals surface area contributed by atoms with E-state index in [0.29, 0.717) is 22.6 Å². The molecule has 0 spiro atoms. The van der Waals surface area contributed by atoms with Crippen LogP contribution >= 0.6 is 0 Å². The zero-order valence-electron chi connectivity index (χ0n) is 14.1. The standard InChI is InChI=1S/C20H15N3O4/c24-19(15-10-12-21-13-11-15)23-22-18(20(25)26)14-6-8-17(9-7-14)27-16-4-2-1-3-5-16/h1-13H,(H,23,24)(H,25,26)/b22-18+. The highest BCUT2D eigenvalue weighted by Crippen LogP contribution is 2.21. The van der Waals surface area contributed by atoms with Gasteiger partial charge in [0.05, 0.1) is 0 Å². The summed E-state index contributed by atoms with van der Waals surface area (Å²) in [6.07, 6.45) is 2.92. The Morgan fingerprint density at radius 1 is 0.852 bits per heavy atom. The van der Waals surface area contributed by atoms with Crippen molar-refractivity contribution in [1.82, 2.24) is 10.4 Å². The average Bonchev–Trinajstić information content (AvgIpc) is 2.70. The van der Waals surface area contributed by atoms with E-state index in [1.807, 2.05) is 30.3 Å². The Labute approximate surface area is 155 Å². The van der Waals surface area contributed by atoms with E-state index in [-0.39, 0.29) is 5.71 Å². The molecule has 0 atom stereocenters. The largest absolute Gasteiger partial charge is 0.476 e. The van der Waals surface area contributed by atoms with Crippen LogP contribution in [0.5, 0.6) is 11.5 Å². The number of nitrogens with one attached hydrogen (secondary N) is 1. The number of para-hydroxylation sites is 1. The molecule has 7 nitrogen and oxygen atoms in total. The Balaban J connectivity index is 1.74. The molecule has 1 amide bonds. The third-order valence-corrected chi connectivity index (χ3v) is 3.52. The third-order valence-electron chi connectivity index (χ3n) is 3.52. The van der Waals surface area contributed by atoms with Crippen molar-refractivity contribution in [2.75, 3.05) is 0 Å². The number of amides is 1. The number of hydrazone groups is 1. The van der Waals surface area contributed by atoms with Gasteiger partial charge in [0.1, 0.15) is 11.5 Å². The highest BCUT2D eigenvalue weighted by molar-refractivity contribution is 6.42. The Kier molecular flexibility index (Phi) is 5.54. The molecule has 0 aliphatic rings. The maximum absolute atomic E-state index is 12.0. The summed E-state index contributed by atoms with van der Waals surface area (Å²) < 4.78 is 5.67. The van der Waals surface area contributed by atoms with Crippen LogP contribution in [-0.2, 0) is 4.79 Å². The second-order valence-corrected chi connectivity index (χ2v) is 5.38. The summed E-state index contributed by atoms with van der Waals surface area (Å²) in [5.41, 5.74) is 2.61. The Hall–Kier alpha value is -4.00. The molecular weight excluding hydrogens is 346 g/mol. The molecule has 27 heavy (non-hydrogen) atoms. The molecule has 0 aliphatic heterocycles. The SMILES string of the molecule is O=C(O)/C(=N/NC(=O)c1ccncc1)c1ccc(Oc2ccccc2)cc1. The molecule has 0 saturated heterocycles. The van der Waals surface area contributed by atoms with Crippen LogP contribution in [-0.4, -0.2) is 27.7 Å². The number of aromatic nitrogens is 1. The fraction of sp³-hybridized carbons (Fsp3) is 0. The van der Waals surface area contributed by atoms with Crippen LogP contribution in [0.2, 0.25) is 0 Å². The topological polar surface area (TPSA) is 101 Å². The van der Waals surface area contributed by atoms with Gasteiger partial charge in [-0.15, -0.1) is 0 Å². The fourth-order valence-corrected chi connectivity index (χ4v) is 2.22. The van der Waals surface area contributed by atoms with Crippen molar-refractivity contribution in [2.24, 2.45) is 5.10 Å². The van der Waals surface area contributed by atoms with Gasteiger partial charge in [-0.2, -0.15) is 5.10 Å². The number of hydrogen-bond donors (Lipinski definition) is 2. The van der Waals surface area contributed by atoms with Gasteiger partial charge in [-0.25, -0.2) is 10.2 Å². The number of carbonyl (C=O) groups is 2. The summed E-state index contributed by atoms with van der Waals surface area (Å²) in [5, 5.41) is 13.1. The molecule has 0 bridgehead atoms. The van der Waals surface area contributed by atoms with E-state index in [4.69, 9.17) is 4.74 Å². The van der Waals surface area contributed by atoms with E-state index >= 15 is 0 Å². The van der Waals surface area contributed by atoms with Gasteiger partial charge >= 0.3 is 5.97 Å². The van der Waals surface area contributed by atoms with Crippen LogP contribution in [0.1, 0.15) is 15.9 Å². The molecule has 2 aromatic carbocycles. The van der Waals surface area contributed by atoms with Gasteiger partial charge in [-0.1, -0.05) is 18.2 Å². The first-order chi connectivity index (χ1) is 13.1. The Bertz CT molecular complexity index is 956. The van der Waals surface area contributed by atoms with Gasteiger partial charge in [0.25, 0.3) is 5.91 Å². The number of rotatable bonds is 6. The van der Waals surface area contributed by atoms with Gasteiger partial charge in [0, 0.05) is 23.5 Å². The van der Waals surface area contributed by atoms with Gasteiger partial charge in [-0.3, -0.25) is 9.78 Å². The minimum atomic E-state index is -1.26. The number of carbonyl (C=O) groups excluding carboxylic acids is 1. The van der Waals surface area contributed by atoms with Crippen molar-refractivity contribution in [3.05, 3.63) is 90.3 Å². The van der Waals surface area contributed by atoms with Crippen LogP contribution in [0.15, 0.2) is 84.2 Å². The predicted molar refractivity (Wildman–Crippen MR) is 98.8 cm³/mol. The van der Waals surface area contributed by atoms with E-state index in [1.54, 1.807) is 24.3 Å². The maximum atomic E-state index is 12.0. The number of benzene rings is 2. The summed E-state index contributed by atoms with van der Waals surface area (Å²) >= 11 is 0. The minimum absolute atomic E-state index is 0.288. The quantitative estimate of drug-likeness (QED) is 0.519. The molecule has 3 aromatic rings. The van der Waals surface area contributed by atoms with Gasteiger partial charge in [-0.05, 0) is 48.5 Å². The molecule has 0 radical (unpaired) electrons. The van der Waals surface area contributed by atoms with Crippen LogP contribution < -0.4 is 10.2 Å². The molecule has 1 heterocycles. The van der Waals surface area contributed by atoms with E-state index in [2.05, 4.69) is 15.5 Å². The lowest BCUT2D eigenvalue weighted by atomic mass is 10.1. The summed E-state index contributed by atoms with van der Waals surface area (Å²) in [6.45, 7) is 0. The lowest BCUT2D eigenvalue weighted by Gasteiger charge is -2.07. The van der Waals surface area contributed by atoms with E-state index in [9.17, 15) is 14.7 Å². The summed E-state index contributed by atoms with van der Waals surface area (Å²) in [6, 6.07) is 18.6. The second kappa shape index (κ2) is 8.39. The molecule has 3 rings (SSSR count). The molecular formula is C20H15N3O4. The monoisotopic (exact) mass is 361 g/mol. The number of aliphatic carboxylic acids is 1. The highest BCUT2D eigenvalue weighted by Gasteiger charge is 2.14. The van der Waals surface area contributed by atoms with Crippen molar-refractivity contribution in [3.8, 4) is 11.5 Å². The highest BCUT2D eigenvalue weighted by atomic mass is 16.5. The van der Waals surface area contributed by atoms with Crippen molar-refractivity contribution in [1.29, 1.82) is 0 Å². The zero-order valence-corrected chi connectivity index (χ0v) is 14.1. The third kappa shape index (κ3) is 4.76. The molecule has 0 aliphatic carbocycles. The number of carboxylic acid groups (broad SMARTS) is 1. The van der Waals surface area contributed by atoms with Crippen molar-refractivity contribution in [2.45, 2.75) is 0 Å². The smallest absolute Gasteiger partial charge is 0.356 e. The molecule has 1 aromatic heterocycles. The number of pyridine rings is 1. The minimum Gasteiger partial charge on any atom is -0.476 e. The number of hydrogen-bond acceptors (Lipinski definition) is 5. The van der Waals surface area contributed by atoms with Crippen molar-refractivity contribution >= 4 is 17.6 Å². The fourth-order valence-electron chi connectivity index (χ4n) is 2.22. The zero-order chi connectivity index (χ0) is 19.1. The first-order valence-corrected chi connectivity index (χ1v) is 7.98. The van der Waals surface area contributed by atoms with E-state index in [0.717, 1.165) is 0 Å². The van der Waals surface area contributed by atoms with E-state index in [1.165, 1.54) is 24.5 Å². The second-order valence-electron chi connectivity index (χ2n) is 5.38. The first-order valence-electron chi connectivity index (χ1n) is 7.98. The van der Waals surface area contributed by atoms with E-state index < -0.39 is 11.9 Å². The molecule has 2 N–H and O–H groups in total.